The molecule has 1 aliphatic rings. The van der Waals surface area contributed by atoms with Crippen molar-refractivity contribution in [1.29, 1.82) is 0 Å². The van der Waals surface area contributed by atoms with Gasteiger partial charge >= 0.3 is 0 Å². The van der Waals surface area contributed by atoms with Gasteiger partial charge in [-0.3, -0.25) is 4.79 Å². The fourth-order valence-corrected chi connectivity index (χ4v) is 3.70. The van der Waals surface area contributed by atoms with E-state index in [0.717, 1.165) is 5.56 Å². The summed E-state index contributed by atoms with van der Waals surface area (Å²) >= 11 is 11.8. The highest BCUT2D eigenvalue weighted by molar-refractivity contribution is 7.80. The summed E-state index contributed by atoms with van der Waals surface area (Å²) in [5, 5.41) is 9.92. The normalized spacial score (nSPS) is 16.0. The van der Waals surface area contributed by atoms with Crippen molar-refractivity contribution in [2.75, 3.05) is 19.0 Å². The number of anilines is 1. The van der Waals surface area contributed by atoms with Crippen LogP contribution in [0, 0.1) is 0 Å². The first kappa shape index (κ1) is 21.0. The minimum Gasteiger partial charge on any atom is -0.493 e. The van der Waals surface area contributed by atoms with E-state index in [9.17, 15) is 4.79 Å². The lowest BCUT2D eigenvalue weighted by Gasteiger charge is -2.31. The van der Waals surface area contributed by atoms with Crippen molar-refractivity contribution in [1.82, 2.24) is 10.6 Å². The van der Waals surface area contributed by atoms with Crippen molar-refractivity contribution in [3.8, 4) is 11.5 Å². The molecular formula is C21H22ClN3O3S. The number of rotatable bonds is 6. The molecule has 0 saturated carbocycles. The second kappa shape index (κ2) is 9.15. The fourth-order valence-electron chi connectivity index (χ4n) is 3.16. The molecule has 0 aromatic heterocycles. The summed E-state index contributed by atoms with van der Waals surface area (Å²) in [7, 11) is 1.54. The molecule has 3 N–H and O–H groups in total. The number of allylic oxidation sites excluding steroid dienone is 1. The number of carbonyl (C=O) groups excluding carboxylic acids is 1. The second-order valence-electron chi connectivity index (χ2n) is 6.36. The number of benzene rings is 2. The first-order valence-electron chi connectivity index (χ1n) is 9.09. The predicted octanol–water partition coefficient (Wildman–Crippen LogP) is 4.18. The molecule has 1 heterocycles. The molecule has 0 saturated heterocycles. The Bertz CT molecular complexity index is 963. The zero-order valence-corrected chi connectivity index (χ0v) is 17.9. The fraction of sp³-hybridized carbons (Fsp3) is 0.238. The van der Waals surface area contributed by atoms with Gasteiger partial charge in [-0.1, -0.05) is 29.8 Å². The number of hydrogen-bond acceptors (Lipinski definition) is 4. The third-order valence-corrected chi connectivity index (χ3v) is 4.92. The van der Waals surface area contributed by atoms with E-state index in [0.29, 0.717) is 45.2 Å². The molecule has 29 heavy (non-hydrogen) atoms. The third kappa shape index (κ3) is 4.63. The minimum absolute atomic E-state index is 0.245. The van der Waals surface area contributed by atoms with E-state index >= 15 is 0 Å². The molecule has 0 spiro atoms. The van der Waals surface area contributed by atoms with E-state index in [1.54, 1.807) is 19.2 Å². The van der Waals surface area contributed by atoms with E-state index in [1.165, 1.54) is 0 Å². The number of nitrogens with one attached hydrogen (secondary N) is 3. The molecule has 1 aliphatic heterocycles. The van der Waals surface area contributed by atoms with Crippen LogP contribution in [0.1, 0.15) is 25.5 Å². The number of amides is 1. The van der Waals surface area contributed by atoms with Crippen LogP contribution in [0.2, 0.25) is 5.02 Å². The van der Waals surface area contributed by atoms with Gasteiger partial charge in [0.15, 0.2) is 16.6 Å². The Labute approximate surface area is 180 Å². The summed E-state index contributed by atoms with van der Waals surface area (Å²) in [6.07, 6.45) is 0. The van der Waals surface area contributed by atoms with Crippen molar-refractivity contribution >= 4 is 40.5 Å². The lowest BCUT2D eigenvalue weighted by atomic mass is 9.94. The van der Waals surface area contributed by atoms with Gasteiger partial charge in [-0.25, -0.2) is 0 Å². The van der Waals surface area contributed by atoms with E-state index < -0.39 is 6.04 Å². The molecule has 1 unspecified atom stereocenters. The van der Waals surface area contributed by atoms with E-state index in [1.807, 2.05) is 44.2 Å². The molecular weight excluding hydrogens is 410 g/mol. The first-order chi connectivity index (χ1) is 13.9. The van der Waals surface area contributed by atoms with Gasteiger partial charge in [-0.05, 0) is 55.9 Å². The Hall–Kier alpha value is -2.77. The number of thiocarbonyl (C=S) groups is 1. The van der Waals surface area contributed by atoms with Crippen LogP contribution in [0.4, 0.5) is 5.69 Å². The number of halogens is 1. The van der Waals surface area contributed by atoms with Crippen LogP contribution >= 0.6 is 23.8 Å². The summed E-state index contributed by atoms with van der Waals surface area (Å²) < 4.78 is 11.0. The lowest BCUT2D eigenvalue weighted by Crippen LogP contribution is -2.45. The highest BCUT2D eigenvalue weighted by Crippen LogP contribution is 2.40. The van der Waals surface area contributed by atoms with Crippen molar-refractivity contribution in [2.45, 2.75) is 19.9 Å². The zero-order chi connectivity index (χ0) is 21.0. The quantitative estimate of drug-likeness (QED) is 0.596. The number of hydrogen-bond donors (Lipinski definition) is 3. The van der Waals surface area contributed by atoms with Gasteiger partial charge in [0.05, 0.1) is 30.4 Å². The Morgan fingerprint density at radius 2 is 2.00 bits per heavy atom. The average molecular weight is 432 g/mol. The molecule has 8 heteroatoms. The number of methoxy groups -OCH3 is 1. The highest BCUT2D eigenvalue weighted by Gasteiger charge is 2.31. The molecule has 2 aromatic rings. The SMILES string of the molecule is CCOc1c(Cl)cc(C2NC(=S)NC(C)=C2C(=O)Nc2ccccc2)cc1OC. The lowest BCUT2D eigenvalue weighted by molar-refractivity contribution is -0.113. The molecule has 0 radical (unpaired) electrons. The molecule has 0 fully saturated rings. The van der Waals surface area contributed by atoms with Crippen LogP contribution in [0.5, 0.6) is 11.5 Å². The minimum atomic E-state index is -0.505. The molecule has 3 rings (SSSR count). The second-order valence-corrected chi connectivity index (χ2v) is 7.17. The van der Waals surface area contributed by atoms with Gasteiger partial charge in [0.25, 0.3) is 5.91 Å². The third-order valence-electron chi connectivity index (χ3n) is 4.42. The Morgan fingerprint density at radius 1 is 1.28 bits per heavy atom. The van der Waals surface area contributed by atoms with Gasteiger partial charge in [0.2, 0.25) is 0 Å². The number of carbonyl (C=O) groups is 1. The van der Waals surface area contributed by atoms with Crippen LogP contribution in [0.25, 0.3) is 0 Å². The Morgan fingerprint density at radius 3 is 2.66 bits per heavy atom. The standard InChI is InChI=1S/C21H22ClN3O3S/c1-4-28-19-15(22)10-13(11-16(19)27-3)18-17(12(2)23-21(29)25-18)20(26)24-14-8-6-5-7-9-14/h5-11,18H,4H2,1-3H3,(H,24,26)(H2,23,25,29). The average Bonchev–Trinajstić information content (AvgIpc) is 2.69. The Kier molecular flexibility index (Phi) is 6.61. The summed E-state index contributed by atoms with van der Waals surface area (Å²) in [5.74, 6) is 0.708. The highest BCUT2D eigenvalue weighted by atomic mass is 35.5. The van der Waals surface area contributed by atoms with E-state index in [2.05, 4.69) is 16.0 Å². The van der Waals surface area contributed by atoms with Crippen LogP contribution in [0.15, 0.2) is 53.7 Å². The van der Waals surface area contributed by atoms with Crippen LogP contribution in [-0.4, -0.2) is 24.7 Å². The summed E-state index contributed by atoms with van der Waals surface area (Å²) in [5.41, 5.74) is 2.60. The summed E-state index contributed by atoms with van der Waals surface area (Å²) in [4.78, 5) is 13.1. The molecule has 2 aromatic carbocycles. The van der Waals surface area contributed by atoms with Gasteiger partial charge in [0, 0.05) is 11.4 Å². The van der Waals surface area contributed by atoms with Crippen molar-refractivity contribution in [2.24, 2.45) is 0 Å². The predicted molar refractivity (Wildman–Crippen MR) is 119 cm³/mol. The molecule has 1 amide bonds. The Balaban J connectivity index is 2.01. The van der Waals surface area contributed by atoms with Crippen molar-refractivity contribution in [3.05, 3.63) is 64.3 Å². The topological polar surface area (TPSA) is 71.6 Å². The van der Waals surface area contributed by atoms with Gasteiger partial charge < -0.3 is 25.4 Å². The largest absolute Gasteiger partial charge is 0.493 e. The molecule has 0 bridgehead atoms. The van der Waals surface area contributed by atoms with Gasteiger partial charge in [-0.15, -0.1) is 0 Å². The van der Waals surface area contributed by atoms with Gasteiger partial charge in [0.1, 0.15) is 0 Å². The van der Waals surface area contributed by atoms with Crippen molar-refractivity contribution < 1.29 is 14.3 Å². The molecule has 0 aliphatic carbocycles. The first-order valence-corrected chi connectivity index (χ1v) is 9.88. The van der Waals surface area contributed by atoms with E-state index in [-0.39, 0.29) is 5.91 Å². The molecule has 152 valence electrons. The number of para-hydroxylation sites is 1. The maximum absolute atomic E-state index is 13.1. The van der Waals surface area contributed by atoms with Crippen LogP contribution in [0.3, 0.4) is 0 Å². The van der Waals surface area contributed by atoms with E-state index in [4.69, 9.17) is 33.3 Å². The molecule has 1 atom stereocenters. The number of ether oxygens (including phenoxy) is 2. The van der Waals surface area contributed by atoms with Crippen molar-refractivity contribution in [3.63, 3.8) is 0 Å². The maximum Gasteiger partial charge on any atom is 0.255 e. The summed E-state index contributed by atoms with van der Waals surface area (Å²) in [6, 6.07) is 12.3. The molecule has 6 nitrogen and oxygen atoms in total. The van der Waals surface area contributed by atoms with Gasteiger partial charge in [-0.2, -0.15) is 0 Å². The van der Waals surface area contributed by atoms with Crippen LogP contribution in [-0.2, 0) is 4.79 Å². The van der Waals surface area contributed by atoms with Crippen LogP contribution < -0.4 is 25.4 Å². The maximum atomic E-state index is 13.1. The zero-order valence-electron chi connectivity index (χ0n) is 16.3. The summed E-state index contributed by atoms with van der Waals surface area (Å²) in [6.45, 7) is 4.14. The smallest absolute Gasteiger partial charge is 0.255 e. The monoisotopic (exact) mass is 431 g/mol.